The minimum absolute atomic E-state index is 0.529. The number of hydrogen-bond donors (Lipinski definition) is 2. The van der Waals surface area contributed by atoms with E-state index in [0.29, 0.717) is 11.9 Å². The Bertz CT molecular complexity index is 539. The molecule has 3 heterocycles. The van der Waals surface area contributed by atoms with Crippen molar-refractivity contribution in [3.8, 4) is 0 Å². The summed E-state index contributed by atoms with van der Waals surface area (Å²) in [5.41, 5.74) is 8.06. The second-order valence-corrected chi connectivity index (χ2v) is 4.66. The van der Waals surface area contributed by atoms with Crippen molar-refractivity contribution < 1.29 is 0 Å². The van der Waals surface area contributed by atoms with Gasteiger partial charge in [0.1, 0.15) is 17.8 Å². The molecule has 0 spiro atoms. The number of fused-ring (bicyclic) bond motifs is 1. The standard InChI is InChI=1S/C12H17N5/c1-8-6-17(9-2-4-14-5-3-9)12-10(8)11(13)15-7-16-12/h6-7,9,14H,2-5H2,1H3,(H2,13,15,16). The lowest BCUT2D eigenvalue weighted by Gasteiger charge is -2.24. The average molecular weight is 231 g/mol. The molecule has 3 N–H and O–H groups in total. The maximum atomic E-state index is 5.92. The molecule has 0 atom stereocenters. The van der Waals surface area contributed by atoms with Gasteiger partial charge in [0.2, 0.25) is 0 Å². The van der Waals surface area contributed by atoms with Crippen LogP contribution in [0.25, 0.3) is 11.0 Å². The van der Waals surface area contributed by atoms with Crippen molar-refractivity contribution in [2.45, 2.75) is 25.8 Å². The van der Waals surface area contributed by atoms with E-state index in [2.05, 4.69) is 33.0 Å². The third-order valence-electron chi connectivity index (χ3n) is 3.53. The lowest BCUT2D eigenvalue weighted by atomic mass is 10.1. The molecule has 1 aliphatic rings. The molecule has 0 aliphatic carbocycles. The summed E-state index contributed by atoms with van der Waals surface area (Å²) in [4.78, 5) is 8.46. The number of nitrogens with one attached hydrogen (secondary N) is 1. The van der Waals surface area contributed by atoms with Gasteiger partial charge in [-0.1, -0.05) is 0 Å². The van der Waals surface area contributed by atoms with Gasteiger partial charge in [-0.05, 0) is 38.4 Å². The first kappa shape index (κ1) is 10.5. The summed E-state index contributed by atoms with van der Waals surface area (Å²) in [6.45, 7) is 4.22. The van der Waals surface area contributed by atoms with E-state index in [1.54, 1.807) is 6.33 Å². The van der Waals surface area contributed by atoms with E-state index in [0.717, 1.165) is 42.5 Å². The fourth-order valence-corrected chi connectivity index (χ4v) is 2.66. The maximum absolute atomic E-state index is 5.92. The van der Waals surface area contributed by atoms with E-state index in [-0.39, 0.29) is 0 Å². The lowest BCUT2D eigenvalue weighted by Crippen LogP contribution is -2.29. The quantitative estimate of drug-likeness (QED) is 0.775. The highest BCUT2D eigenvalue weighted by molar-refractivity contribution is 5.89. The maximum Gasteiger partial charge on any atom is 0.145 e. The van der Waals surface area contributed by atoms with Crippen LogP contribution in [0.3, 0.4) is 0 Å². The molecule has 0 unspecified atom stereocenters. The van der Waals surface area contributed by atoms with Crippen LogP contribution in [0, 0.1) is 6.92 Å². The molecular formula is C12H17N5. The number of nitrogen functional groups attached to an aromatic ring is 1. The summed E-state index contributed by atoms with van der Waals surface area (Å²) in [6, 6.07) is 0.529. The molecule has 5 nitrogen and oxygen atoms in total. The SMILES string of the molecule is Cc1cn(C2CCNCC2)c2ncnc(N)c12. The molecule has 1 aliphatic heterocycles. The van der Waals surface area contributed by atoms with Gasteiger partial charge in [-0.25, -0.2) is 9.97 Å². The molecular weight excluding hydrogens is 214 g/mol. The van der Waals surface area contributed by atoms with Gasteiger partial charge in [0.05, 0.1) is 5.39 Å². The monoisotopic (exact) mass is 231 g/mol. The van der Waals surface area contributed by atoms with Crippen LogP contribution in [0.1, 0.15) is 24.4 Å². The van der Waals surface area contributed by atoms with E-state index in [1.165, 1.54) is 0 Å². The van der Waals surface area contributed by atoms with E-state index in [1.807, 2.05) is 0 Å². The minimum Gasteiger partial charge on any atom is -0.383 e. The van der Waals surface area contributed by atoms with Gasteiger partial charge in [-0.15, -0.1) is 0 Å². The predicted octanol–water partition coefficient (Wildman–Crippen LogP) is 1.25. The Kier molecular flexibility index (Phi) is 2.48. The van der Waals surface area contributed by atoms with Crippen LogP contribution in [-0.2, 0) is 0 Å². The zero-order valence-electron chi connectivity index (χ0n) is 9.98. The van der Waals surface area contributed by atoms with Crippen molar-refractivity contribution in [2.24, 2.45) is 0 Å². The van der Waals surface area contributed by atoms with Crippen LogP contribution >= 0.6 is 0 Å². The van der Waals surface area contributed by atoms with Crippen molar-refractivity contribution in [3.63, 3.8) is 0 Å². The van der Waals surface area contributed by atoms with E-state index < -0.39 is 0 Å². The molecule has 1 saturated heterocycles. The number of nitrogens with zero attached hydrogens (tertiary/aromatic N) is 3. The van der Waals surface area contributed by atoms with Crippen LogP contribution in [0.5, 0.6) is 0 Å². The van der Waals surface area contributed by atoms with Crippen molar-refractivity contribution in [1.29, 1.82) is 0 Å². The van der Waals surface area contributed by atoms with E-state index in [4.69, 9.17) is 5.73 Å². The van der Waals surface area contributed by atoms with Gasteiger partial charge < -0.3 is 15.6 Å². The number of aromatic nitrogens is 3. The second kappa shape index (κ2) is 4.00. The average Bonchev–Trinajstić information content (AvgIpc) is 2.69. The highest BCUT2D eigenvalue weighted by Crippen LogP contribution is 2.29. The first-order valence-corrected chi connectivity index (χ1v) is 6.05. The van der Waals surface area contributed by atoms with Crippen LogP contribution in [0.2, 0.25) is 0 Å². The molecule has 0 saturated carbocycles. The molecule has 0 aromatic carbocycles. The Balaban J connectivity index is 2.13. The summed E-state index contributed by atoms with van der Waals surface area (Å²) in [5, 5.41) is 4.39. The van der Waals surface area contributed by atoms with Crippen molar-refractivity contribution in [2.75, 3.05) is 18.8 Å². The van der Waals surface area contributed by atoms with Gasteiger partial charge in [0, 0.05) is 12.2 Å². The Morgan fingerprint density at radius 1 is 1.35 bits per heavy atom. The number of nitrogens with two attached hydrogens (primary N) is 1. The number of anilines is 1. The Labute approximate surface area is 100 Å². The Hall–Kier alpha value is -1.62. The molecule has 5 heteroatoms. The summed E-state index contributed by atoms with van der Waals surface area (Å²) >= 11 is 0. The third kappa shape index (κ3) is 1.67. The summed E-state index contributed by atoms with van der Waals surface area (Å²) in [5.74, 6) is 0.584. The fourth-order valence-electron chi connectivity index (χ4n) is 2.66. The van der Waals surface area contributed by atoms with Crippen molar-refractivity contribution in [1.82, 2.24) is 19.9 Å². The van der Waals surface area contributed by atoms with Crippen molar-refractivity contribution >= 4 is 16.9 Å². The minimum atomic E-state index is 0.529. The zero-order chi connectivity index (χ0) is 11.8. The van der Waals surface area contributed by atoms with E-state index in [9.17, 15) is 0 Å². The number of aryl methyl sites for hydroxylation is 1. The molecule has 1 fully saturated rings. The van der Waals surface area contributed by atoms with Crippen LogP contribution in [0.4, 0.5) is 5.82 Å². The normalized spacial score (nSPS) is 17.7. The number of piperidine rings is 1. The first-order valence-electron chi connectivity index (χ1n) is 6.05. The topological polar surface area (TPSA) is 68.8 Å². The first-order chi connectivity index (χ1) is 8.27. The van der Waals surface area contributed by atoms with Crippen LogP contribution in [0.15, 0.2) is 12.5 Å². The highest BCUT2D eigenvalue weighted by atomic mass is 15.1. The van der Waals surface area contributed by atoms with Gasteiger partial charge in [0.15, 0.2) is 0 Å². The molecule has 0 bridgehead atoms. The summed E-state index contributed by atoms with van der Waals surface area (Å²) < 4.78 is 2.27. The lowest BCUT2D eigenvalue weighted by molar-refractivity contribution is 0.374. The van der Waals surface area contributed by atoms with E-state index >= 15 is 0 Å². The molecule has 2 aromatic rings. The zero-order valence-corrected chi connectivity index (χ0v) is 9.98. The van der Waals surface area contributed by atoms with Gasteiger partial charge >= 0.3 is 0 Å². The molecule has 17 heavy (non-hydrogen) atoms. The molecule has 0 amide bonds. The van der Waals surface area contributed by atoms with Gasteiger partial charge in [-0.2, -0.15) is 0 Å². The van der Waals surface area contributed by atoms with Crippen LogP contribution in [-0.4, -0.2) is 27.6 Å². The summed E-state index contributed by atoms with van der Waals surface area (Å²) in [7, 11) is 0. The molecule has 2 aromatic heterocycles. The fraction of sp³-hybridized carbons (Fsp3) is 0.500. The third-order valence-corrected chi connectivity index (χ3v) is 3.53. The largest absolute Gasteiger partial charge is 0.383 e. The van der Waals surface area contributed by atoms with Crippen LogP contribution < -0.4 is 11.1 Å². The molecule has 3 rings (SSSR count). The second-order valence-electron chi connectivity index (χ2n) is 4.66. The Morgan fingerprint density at radius 2 is 2.12 bits per heavy atom. The predicted molar refractivity (Wildman–Crippen MR) is 67.8 cm³/mol. The van der Waals surface area contributed by atoms with Gasteiger partial charge in [-0.3, -0.25) is 0 Å². The Morgan fingerprint density at radius 3 is 2.88 bits per heavy atom. The van der Waals surface area contributed by atoms with Crippen molar-refractivity contribution in [3.05, 3.63) is 18.1 Å². The molecule has 0 radical (unpaired) electrons. The summed E-state index contributed by atoms with van der Waals surface area (Å²) in [6.07, 6.45) is 6.00. The number of rotatable bonds is 1. The smallest absolute Gasteiger partial charge is 0.145 e. The number of hydrogen-bond acceptors (Lipinski definition) is 4. The van der Waals surface area contributed by atoms with Gasteiger partial charge in [0.25, 0.3) is 0 Å². The highest BCUT2D eigenvalue weighted by Gasteiger charge is 2.19. The molecule has 90 valence electrons.